The van der Waals surface area contributed by atoms with Crippen molar-refractivity contribution in [2.75, 3.05) is 37.4 Å². The highest BCUT2D eigenvalue weighted by Crippen LogP contribution is 2.39. The van der Waals surface area contributed by atoms with Crippen LogP contribution in [0, 0.1) is 0 Å². The number of carbonyl (C=O) groups excluding carboxylic acids is 1. The van der Waals surface area contributed by atoms with Crippen LogP contribution >= 0.6 is 11.8 Å². The summed E-state index contributed by atoms with van der Waals surface area (Å²) in [5, 5.41) is 0.132. The van der Waals surface area contributed by atoms with Crippen LogP contribution in [0.2, 0.25) is 0 Å². The minimum absolute atomic E-state index is 0.132. The molecule has 0 saturated carbocycles. The third-order valence-corrected chi connectivity index (χ3v) is 6.88. The lowest BCUT2D eigenvalue weighted by Gasteiger charge is -2.24. The second-order valence-electron chi connectivity index (χ2n) is 8.05. The zero-order valence-corrected chi connectivity index (χ0v) is 19.7. The summed E-state index contributed by atoms with van der Waals surface area (Å²) in [5.41, 5.74) is 1.18. The maximum Gasteiger partial charge on any atom is 0.233 e. The molecule has 0 N–H and O–H groups in total. The van der Waals surface area contributed by atoms with Gasteiger partial charge in [0.15, 0.2) is 0 Å². The van der Waals surface area contributed by atoms with Crippen LogP contribution in [-0.4, -0.2) is 48.3 Å². The Morgan fingerprint density at radius 3 is 2.61 bits per heavy atom. The van der Waals surface area contributed by atoms with Gasteiger partial charge < -0.3 is 14.5 Å². The van der Waals surface area contributed by atoms with Crippen LogP contribution in [0.5, 0.6) is 5.75 Å². The van der Waals surface area contributed by atoms with Crippen molar-refractivity contribution in [2.45, 2.75) is 50.8 Å². The van der Waals surface area contributed by atoms with Gasteiger partial charge in [0.1, 0.15) is 23.5 Å². The maximum atomic E-state index is 12.4. The van der Waals surface area contributed by atoms with Crippen LogP contribution in [0.15, 0.2) is 48.7 Å². The van der Waals surface area contributed by atoms with E-state index in [0.717, 1.165) is 31.1 Å². The van der Waals surface area contributed by atoms with Gasteiger partial charge in [-0.15, -0.1) is 11.8 Å². The molecule has 1 atom stereocenters. The molecule has 31 heavy (non-hydrogen) atoms. The molecule has 3 rings (SSSR count). The lowest BCUT2D eigenvalue weighted by atomic mass is 10.1. The quantitative estimate of drug-likeness (QED) is 0.382. The Kier molecular flexibility index (Phi) is 9.53. The number of aromatic nitrogens is 1. The molecule has 1 aliphatic heterocycles. The highest BCUT2D eigenvalue weighted by Gasteiger charge is 2.32. The minimum atomic E-state index is 0.132. The van der Waals surface area contributed by atoms with Gasteiger partial charge in [-0.3, -0.25) is 4.79 Å². The predicted octanol–water partition coefficient (Wildman–Crippen LogP) is 5.53. The fourth-order valence-corrected chi connectivity index (χ4v) is 4.98. The Bertz CT molecular complexity index is 785. The van der Waals surface area contributed by atoms with Crippen molar-refractivity contribution in [3.8, 4) is 5.75 Å². The Balaban J connectivity index is 1.45. The van der Waals surface area contributed by atoms with Gasteiger partial charge in [0.2, 0.25) is 5.91 Å². The first-order valence-electron chi connectivity index (χ1n) is 11.4. The first-order chi connectivity index (χ1) is 15.2. The SMILES string of the molecule is CCCCCCCCN1C(=O)CSC1c1ccc(OCCN(C)c2ccccn2)cc1. The molecule has 1 saturated heterocycles. The zero-order valence-electron chi connectivity index (χ0n) is 18.8. The van der Waals surface area contributed by atoms with Crippen molar-refractivity contribution in [2.24, 2.45) is 0 Å². The molecule has 5 nitrogen and oxygen atoms in total. The van der Waals surface area contributed by atoms with E-state index in [2.05, 4.69) is 33.8 Å². The van der Waals surface area contributed by atoms with Gasteiger partial charge in [0, 0.05) is 19.8 Å². The average molecular weight is 442 g/mol. The van der Waals surface area contributed by atoms with Crippen LogP contribution in [-0.2, 0) is 4.79 Å². The second-order valence-corrected chi connectivity index (χ2v) is 9.11. The van der Waals surface area contributed by atoms with Gasteiger partial charge in [-0.25, -0.2) is 4.98 Å². The molecule has 2 aromatic rings. The number of pyridine rings is 1. The van der Waals surface area contributed by atoms with Crippen LogP contribution in [0.25, 0.3) is 0 Å². The molecule has 0 radical (unpaired) electrons. The molecule has 1 amide bonds. The van der Waals surface area contributed by atoms with Crippen molar-refractivity contribution >= 4 is 23.5 Å². The van der Waals surface area contributed by atoms with Gasteiger partial charge >= 0.3 is 0 Å². The molecule has 1 unspecified atom stereocenters. The van der Waals surface area contributed by atoms with Crippen molar-refractivity contribution in [1.29, 1.82) is 0 Å². The Hall–Kier alpha value is -2.21. The molecule has 1 aliphatic rings. The van der Waals surface area contributed by atoms with E-state index in [1.807, 2.05) is 37.4 Å². The van der Waals surface area contributed by atoms with E-state index < -0.39 is 0 Å². The molecule has 168 valence electrons. The van der Waals surface area contributed by atoms with Crippen LogP contribution < -0.4 is 9.64 Å². The number of likely N-dealkylation sites (N-methyl/N-ethyl adjacent to an activating group) is 1. The summed E-state index contributed by atoms with van der Waals surface area (Å²) in [6.07, 6.45) is 9.27. The third kappa shape index (κ3) is 7.17. The molecule has 0 aliphatic carbocycles. The number of thioether (sulfide) groups is 1. The highest BCUT2D eigenvalue weighted by atomic mass is 32.2. The minimum Gasteiger partial charge on any atom is -0.492 e. The molecule has 1 aromatic heterocycles. The molecular formula is C25H35N3O2S. The Morgan fingerprint density at radius 1 is 1.10 bits per heavy atom. The number of rotatable bonds is 13. The predicted molar refractivity (Wildman–Crippen MR) is 130 cm³/mol. The number of anilines is 1. The highest BCUT2D eigenvalue weighted by molar-refractivity contribution is 8.00. The van der Waals surface area contributed by atoms with Crippen molar-refractivity contribution in [3.05, 3.63) is 54.2 Å². The monoisotopic (exact) mass is 441 g/mol. The largest absolute Gasteiger partial charge is 0.492 e. The maximum absolute atomic E-state index is 12.4. The fraction of sp³-hybridized carbons (Fsp3) is 0.520. The van der Waals surface area contributed by atoms with E-state index in [0.29, 0.717) is 12.4 Å². The van der Waals surface area contributed by atoms with Gasteiger partial charge in [-0.2, -0.15) is 0 Å². The second kappa shape index (κ2) is 12.6. The van der Waals surface area contributed by atoms with Crippen LogP contribution in [0.3, 0.4) is 0 Å². The smallest absolute Gasteiger partial charge is 0.233 e. The summed E-state index contributed by atoms with van der Waals surface area (Å²) >= 11 is 1.73. The molecule has 2 heterocycles. The molecule has 0 spiro atoms. The topological polar surface area (TPSA) is 45.7 Å². The number of carbonyl (C=O) groups is 1. The molecule has 6 heteroatoms. The standard InChI is InChI=1S/C25H35N3O2S/c1-3-4-5-6-7-10-17-28-24(29)20-31-25(28)21-12-14-22(15-13-21)30-19-18-27(2)23-11-8-9-16-26-23/h8-9,11-16,25H,3-7,10,17-20H2,1-2H3. The van der Waals surface area contributed by atoms with Crippen LogP contribution in [0.1, 0.15) is 56.4 Å². The van der Waals surface area contributed by atoms with Gasteiger partial charge in [-0.05, 0) is 36.2 Å². The average Bonchev–Trinajstić information content (AvgIpc) is 3.17. The first-order valence-corrected chi connectivity index (χ1v) is 12.5. The summed E-state index contributed by atoms with van der Waals surface area (Å²) in [6, 6.07) is 14.1. The van der Waals surface area contributed by atoms with Crippen LogP contribution in [0.4, 0.5) is 5.82 Å². The summed E-state index contributed by atoms with van der Waals surface area (Å²) < 4.78 is 5.92. The van der Waals surface area contributed by atoms with E-state index in [1.165, 1.54) is 37.7 Å². The molecule has 0 bridgehead atoms. The first kappa shape index (κ1) is 23.5. The van der Waals surface area contributed by atoms with E-state index >= 15 is 0 Å². The van der Waals surface area contributed by atoms with E-state index in [-0.39, 0.29) is 11.3 Å². The Labute approximate surface area is 191 Å². The number of hydrogen-bond acceptors (Lipinski definition) is 5. The summed E-state index contributed by atoms with van der Waals surface area (Å²) in [4.78, 5) is 20.9. The Morgan fingerprint density at radius 2 is 1.87 bits per heavy atom. The van der Waals surface area contributed by atoms with Gasteiger partial charge in [0.05, 0.1) is 12.3 Å². The van der Waals surface area contributed by atoms with Gasteiger partial charge in [0.25, 0.3) is 0 Å². The van der Waals surface area contributed by atoms with E-state index in [4.69, 9.17) is 4.74 Å². The van der Waals surface area contributed by atoms with Gasteiger partial charge in [-0.1, -0.05) is 57.2 Å². The van der Waals surface area contributed by atoms with E-state index in [9.17, 15) is 4.79 Å². The summed E-state index contributed by atoms with van der Waals surface area (Å²) in [6.45, 7) is 4.45. The zero-order chi connectivity index (χ0) is 21.9. The van der Waals surface area contributed by atoms with Crippen molar-refractivity contribution in [3.63, 3.8) is 0 Å². The van der Waals surface area contributed by atoms with Crippen molar-refractivity contribution < 1.29 is 9.53 Å². The molecule has 1 aromatic carbocycles. The number of amides is 1. The lowest BCUT2D eigenvalue weighted by Crippen LogP contribution is -2.29. The number of ether oxygens (including phenoxy) is 1. The fourth-order valence-electron chi connectivity index (χ4n) is 3.76. The summed E-state index contributed by atoms with van der Waals surface area (Å²) in [5.74, 6) is 2.64. The number of nitrogens with zero attached hydrogens (tertiary/aromatic N) is 3. The number of benzene rings is 1. The normalized spacial score (nSPS) is 16.0. The van der Waals surface area contributed by atoms with Crippen molar-refractivity contribution in [1.82, 2.24) is 9.88 Å². The number of unbranched alkanes of at least 4 members (excludes halogenated alkanes) is 5. The van der Waals surface area contributed by atoms with E-state index in [1.54, 1.807) is 18.0 Å². The lowest BCUT2D eigenvalue weighted by molar-refractivity contribution is -0.128. The number of hydrogen-bond donors (Lipinski definition) is 0. The third-order valence-electron chi connectivity index (χ3n) is 5.62. The summed E-state index contributed by atoms with van der Waals surface area (Å²) in [7, 11) is 2.02. The molecular weight excluding hydrogens is 406 g/mol. The molecule has 1 fully saturated rings.